The molecule has 0 spiro atoms. The van der Waals surface area contributed by atoms with E-state index in [2.05, 4.69) is 45.7 Å². The van der Waals surface area contributed by atoms with E-state index in [1.54, 1.807) is 11.8 Å². The van der Waals surface area contributed by atoms with Crippen LogP contribution in [0.5, 0.6) is 0 Å². The number of nitrogens with zero attached hydrogens (tertiary/aromatic N) is 4. The van der Waals surface area contributed by atoms with Crippen molar-refractivity contribution in [1.82, 2.24) is 19.7 Å². The highest BCUT2D eigenvalue weighted by Gasteiger charge is 2.13. The molecule has 0 saturated heterocycles. The molecule has 0 aliphatic heterocycles. The third kappa shape index (κ3) is 1.66. The normalized spacial score (nSPS) is 11.4. The lowest BCUT2D eigenvalue weighted by atomic mass is 10.2. The lowest BCUT2D eigenvalue weighted by Crippen LogP contribution is -1.98. The van der Waals surface area contributed by atoms with Crippen LogP contribution >= 0.6 is 11.8 Å². The summed E-state index contributed by atoms with van der Waals surface area (Å²) < 4.78 is 2.19. The van der Waals surface area contributed by atoms with Crippen LogP contribution < -0.4 is 0 Å². The Labute approximate surface area is 109 Å². The first kappa shape index (κ1) is 11.5. The van der Waals surface area contributed by atoms with Gasteiger partial charge in [0.15, 0.2) is 5.65 Å². The van der Waals surface area contributed by atoms with Gasteiger partial charge in [0, 0.05) is 11.9 Å². The molecular formula is C13H14N4S. The van der Waals surface area contributed by atoms with Crippen LogP contribution in [0.15, 0.2) is 29.4 Å². The van der Waals surface area contributed by atoms with E-state index < -0.39 is 0 Å². The van der Waals surface area contributed by atoms with Gasteiger partial charge in [0.2, 0.25) is 5.16 Å². The van der Waals surface area contributed by atoms with E-state index in [1.165, 1.54) is 5.52 Å². The van der Waals surface area contributed by atoms with Gasteiger partial charge >= 0.3 is 0 Å². The van der Waals surface area contributed by atoms with Gasteiger partial charge in [-0.05, 0) is 18.7 Å². The smallest absolute Gasteiger partial charge is 0.211 e. The van der Waals surface area contributed by atoms with Crippen LogP contribution in [0.4, 0.5) is 0 Å². The summed E-state index contributed by atoms with van der Waals surface area (Å²) in [5.74, 6) is 0.958. The molecule has 0 unspecified atom stereocenters. The number of thioether (sulfide) groups is 1. The Bertz CT molecular complexity index is 705. The van der Waals surface area contributed by atoms with E-state index in [4.69, 9.17) is 0 Å². The standard InChI is InChI=1S/C13H14N4S/c1-3-17-10-8-6-5-7-9(10)11-12(17)14-13(16-15-11)18-4-2/h5-8H,3-4H2,1-2H3. The van der Waals surface area contributed by atoms with Gasteiger partial charge in [0.25, 0.3) is 0 Å². The number of hydrogen-bond acceptors (Lipinski definition) is 4. The van der Waals surface area contributed by atoms with Crippen LogP contribution in [0.2, 0.25) is 0 Å². The van der Waals surface area contributed by atoms with Crippen LogP contribution in [0, 0.1) is 0 Å². The van der Waals surface area contributed by atoms with Crippen molar-refractivity contribution in [2.45, 2.75) is 25.5 Å². The highest BCUT2D eigenvalue weighted by atomic mass is 32.2. The molecule has 92 valence electrons. The minimum absolute atomic E-state index is 0.752. The van der Waals surface area contributed by atoms with E-state index >= 15 is 0 Å². The van der Waals surface area contributed by atoms with Crippen molar-refractivity contribution in [2.24, 2.45) is 0 Å². The summed E-state index contributed by atoms with van der Waals surface area (Å²) in [7, 11) is 0. The third-order valence-corrected chi connectivity index (χ3v) is 3.66. The lowest BCUT2D eigenvalue weighted by Gasteiger charge is -2.01. The fourth-order valence-electron chi connectivity index (χ4n) is 2.20. The number of benzene rings is 1. The number of para-hydroxylation sites is 1. The maximum atomic E-state index is 4.63. The van der Waals surface area contributed by atoms with Crippen LogP contribution in [0.25, 0.3) is 22.1 Å². The Balaban J connectivity index is 2.37. The zero-order valence-corrected chi connectivity index (χ0v) is 11.2. The van der Waals surface area contributed by atoms with Crippen LogP contribution in [0.1, 0.15) is 13.8 Å². The first-order valence-corrected chi connectivity index (χ1v) is 7.08. The predicted molar refractivity (Wildman–Crippen MR) is 74.9 cm³/mol. The summed E-state index contributed by atoms with van der Waals surface area (Å²) >= 11 is 1.62. The van der Waals surface area contributed by atoms with Crippen molar-refractivity contribution in [1.29, 1.82) is 0 Å². The molecule has 0 radical (unpaired) electrons. The second-order valence-electron chi connectivity index (χ2n) is 3.96. The van der Waals surface area contributed by atoms with Crippen molar-refractivity contribution in [3.63, 3.8) is 0 Å². The van der Waals surface area contributed by atoms with Crippen LogP contribution in [-0.2, 0) is 6.54 Å². The summed E-state index contributed by atoms with van der Waals surface area (Å²) in [6, 6.07) is 8.25. The first-order valence-electron chi connectivity index (χ1n) is 6.09. The molecule has 0 aliphatic carbocycles. The van der Waals surface area contributed by atoms with E-state index in [9.17, 15) is 0 Å². The highest BCUT2D eigenvalue weighted by Crippen LogP contribution is 2.26. The van der Waals surface area contributed by atoms with Crippen molar-refractivity contribution in [2.75, 3.05) is 5.75 Å². The number of aryl methyl sites for hydroxylation is 1. The summed E-state index contributed by atoms with van der Waals surface area (Å²) in [5, 5.41) is 10.4. The molecular weight excluding hydrogens is 244 g/mol. The van der Waals surface area contributed by atoms with Crippen LogP contribution in [-0.4, -0.2) is 25.5 Å². The molecule has 0 aliphatic rings. The van der Waals surface area contributed by atoms with Gasteiger partial charge in [0.05, 0.1) is 5.52 Å². The van der Waals surface area contributed by atoms with Gasteiger partial charge < -0.3 is 4.57 Å². The minimum atomic E-state index is 0.752. The summed E-state index contributed by atoms with van der Waals surface area (Å²) in [6.45, 7) is 5.10. The number of rotatable bonds is 3. The van der Waals surface area contributed by atoms with E-state index in [0.717, 1.165) is 34.0 Å². The summed E-state index contributed by atoms with van der Waals surface area (Å²) in [5.41, 5.74) is 3.01. The van der Waals surface area contributed by atoms with Crippen molar-refractivity contribution in [3.05, 3.63) is 24.3 Å². The number of hydrogen-bond donors (Lipinski definition) is 0. The molecule has 2 heterocycles. The van der Waals surface area contributed by atoms with Crippen molar-refractivity contribution >= 4 is 33.8 Å². The maximum Gasteiger partial charge on any atom is 0.211 e. The van der Waals surface area contributed by atoms with E-state index in [-0.39, 0.29) is 0 Å². The Morgan fingerprint density at radius 3 is 2.78 bits per heavy atom. The Morgan fingerprint density at radius 1 is 1.17 bits per heavy atom. The average Bonchev–Trinajstić information content (AvgIpc) is 2.72. The van der Waals surface area contributed by atoms with Gasteiger partial charge in [0.1, 0.15) is 5.52 Å². The molecule has 4 nitrogen and oxygen atoms in total. The van der Waals surface area contributed by atoms with Gasteiger partial charge in [-0.2, -0.15) is 0 Å². The zero-order valence-electron chi connectivity index (χ0n) is 10.4. The molecule has 0 bridgehead atoms. The van der Waals surface area contributed by atoms with Gasteiger partial charge in [-0.15, -0.1) is 10.2 Å². The van der Waals surface area contributed by atoms with Gasteiger partial charge in [-0.3, -0.25) is 0 Å². The maximum absolute atomic E-state index is 4.63. The summed E-state index contributed by atoms with van der Waals surface area (Å²) in [6.07, 6.45) is 0. The summed E-state index contributed by atoms with van der Waals surface area (Å²) in [4.78, 5) is 4.63. The molecule has 2 aromatic heterocycles. The molecule has 0 atom stereocenters. The van der Waals surface area contributed by atoms with Crippen LogP contribution in [0.3, 0.4) is 0 Å². The minimum Gasteiger partial charge on any atom is -0.324 e. The molecule has 0 amide bonds. The molecule has 3 rings (SSSR count). The quantitative estimate of drug-likeness (QED) is 0.677. The predicted octanol–water partition coefficient (Wildman–Crippen LogP) is 3.11. The Hall–Kier alpha value is -1.62. The first-order chi connectivity index (χ1) is 8.85. The second-order valence-corrected chi connectivity index (χ2v) is 5.19. The molecule has 5 heteroatoms. The monoisotopic (exact) mass is 258 g/mol. The van der Waals surface area contributed by atoms with Gasteiger partial charge in [-0.1, -0.05) is 36.9 Å². The fraction of sp³-hybridized carbons (Fsp3) is 0.308. The molecule has 0 fully saturated rings. The Morgan fingerprint density at radius 2 is 2.00 bits per heavy atom. The average molecular weight is 258 g/mol. The van der Waals surface area contributed by atoms with E-state index in [1.807, 2.05) is 12.1 Å². The number of aromatic nitrogens is 4. The molecule has 1 aromatic carbocycles. The van der Waals surface area contributed by atoms with Crippen molar-refractivity contribution in [3.8, 4) is 0 Å². The Kier molecular flexibility index (Phi) is 2.91. The molecule has 18 heavy (non-hydrogen) atoms. The largest absolute Gasteiger partial charge is 0.324 e. The zero-order chi connectivity index (χ0) is 12.5. The number of fused-ring (bicyclic) bond motifs is 3. The molecule has 0 saturated carbocycles. The third-order valence-electron chi connectivity index (χ3n) is 2.94. The fourth-order valence-corrected chi connectivity index (χ4v) is 2.71. The second kappa shape index (κ2) is 4.57. The van der Waals surface area contributed by atoms with E-state index in [0.29, 0.717) is 0 Å². The highest BCUT2D eigenvalue weighted by molar-refractivity contribution is 7.99. The SMILES string of the molecule is CCSc1nnc2c3ccccc3n(CC)c2n1. The van der Waals surface area contributed by atoms with Gasteiger partial charge in [-0.25, -0.2) is 4.98 Å². The van der Waals surface area contributed by atoms with Crippen molar-refractivity contribution < 1.29 is 0 Å². The molecule has 0 N–H and O–H groups in total. The lowest BCUT2D eigenvalue weighted by molar-refractivity contribution is 0.789. The molecule has 3 aromatic rings. The topological polar surface area (TPSA) is 43.6 Å².